The maximum absolute atomic E-state index is 12.0. The molecule has 2 aromatic carbocycles. The SMILES string of the molecule is O=C(CCC1CCCC1)Nc1ccc(NC(=O)Nc2ccccc2)cc1. The second-order valence-electron chi connectivity index (χ2n) is 6.76. The summed E-state index contributed by atoms with van der Waals surface area (Å²) in [5, 5.41) is 8.45. The Morgan fingerprint density at radius 3 is 1.92 bits per heavy atom. The minimum Gasteiger partial charge on any atom is -0.326 e. The summed E-state index contributed by atoms with van der Waals surface area (Å²) in [6, 6.07) is 16.1. The van der Waals surface area contributed by atoms with Crippen molar-refractivity contribution in [3.05, 3.63) is 54.6 Å². The molecule has 26 heavy (non-hydrogen) atoms. The average molecular weight is 351 g/mol. The molecule has 0 radical (unpaired) electrons. The molecule has 0 heterocycles. The monoisotopic (exact) mass is 351 g/mol. The van der Waals surface area contributed by atoms with Crippen molar-refractivity contribution in [3.63, 3.8) is 0 Å². The number of carbonyl (C=O) groups excluding carboxylic acids is 2. The van der Waals surface area contributed by atoms with Crippen LogP contribution in [-0.2, 0) is 4.79 Å². The van der Waals surface area contributed by atoms with Gasteiger partial charge < -0.3 is 16.0 Å². The van der Waals surface area contributed by atoms with Gasteiger partial charge in [0, 0.05) is 23.5 Å². The fourth-order valence-corrected chi connectivity index (χ4v) is 3.31. The van der Waals surface area contributed by atoms with Gasteiger partial charge in [-0.2, -0.15) is 0 Å². The van der Waals surface area contributed by atoms with Gasteiger partial charge in [0.15, 0.2) is 0 Å². The number of nitrogens with one attached hydrogen (secondary N) is 3. The topological polar surface area (TPSA) is 70.2 Å². The van der Waals surface area contributed by atoms with Crippen molar-refractivity contribution < 1.29 is 9.59 Å². The van der Waals surface area contributed by atoms with Crippen LogP contribution in [0, 0.1) is 5.92 Å². The number of hydrogen-bond donors (Lipinski definition) is 3. The van der Waals surface area contributed by atoms with Crippen LogP contribution < -0.4 is 16.0 Å². The van der Waals surface area contributed by atoms with E-state index >= 15 is 0 Å². The maximum atomic E-state index is 12.0. The highest BCUT2D eigenvalue weighted by Gasteiger charge is 2.16. The van der Waals surface area contributed by atoms with Crippen LogP contribution in [0.3, 0.4) is 0 Å². The normalized spacial score (nSPS) is 14.0. The lowest BCUT2D eigenvalue weighted by Gasteiger charge is -2.10. The molecule has 1 fully saturated rings. The van der Waals surface area contributed by atoms with E-state index < -0.39 is 0 Å². The van der Waals surface area contributed by atoms with Gasteiger partial charge in [-0.15, -0.1) is 0 Å². The van der Waals surface area contributed by atoms with Crippen molar-refractivity contribution in [3.8, 4) is 0 Å². The van der Waals surface area contributed by atoms with E-state index in [-0.39, 0.29) is 11.9 Å². The number of urea groups is 1. The molecule has 3 amide bonds. The zero-order valence-electron chi connectivity index (χ0n) is 14.8. The summed E-state index contributed by atoms with van der Waals surface area (Å²) >= 11 is 0. The highest BCUT2D eigenvalue weighted by atomic mass is 16.2. The standard InChI is InChI=1S/C21H25N3O2/c25-20(15-10-16-6-4-5-7-16)22-18-11-13-19(14-12-18)24-21(26)23-17-8-2-1-3-9-17/h1-3,8-9,11-14,16H,4-7,10,15H2,(H,22,25)(H2,23,24,26). The van der Waals surface area contributed by atoms with Crippen molar-refractivity contribution in [2.75, 3.05) is 16.0 Å². The van der Waals surface area contributed by atoms with Gasteiger partial charge in [0.25, 0.3) is 0 Å². The Balaban J connectivity index is 1.43. The second kappa shape index (κ2) is 9.04. The van der Waals surface area contributed by atoms with Crippen LogP contribution in [0.1, 0.15) is 38.5 Å². The van der Waals surface area contributed by atoms with E-state index in [4.69, 9.17) is 0 Å². The van der Waals surface area contributed by atoms with Crippen LogP contribution in [0.5, 0.6) is 0 Å². The maximum Gasteiger partial charge on any atom is 0.323 e. The zero-order valence-corrected chi connectivity index (χ0v) is 14.8. The Hall–Kier alpha value is -2.82. The van der Waals surface area contributed by atoms with Gasteiger partial charge in [0.05, 0.1) is 0 Å². The number of carbonyl (C=O) groups is 2. The third kappa shape index (κ3) is 5.62. The lowest BCUT2D eigenvalue weighted by atomic mass is 10.0. The van der Waals surface area contributed by atoms with E-state index in [0.717, 1.165) is 23.7 Å². The average Bonchev–Trinajstić information content (AvgIpc) is 3.16. The number of amides is 3. The predicted octanol–water partition coefficient (Wildman–Crippen LogP) is 5.24. The number of para-hydroxylation sites is 1. The van der Waals surface area contributed by atoms with Crippen molar-refractivity contribution in [1.82, 2.24) is 0 Å². The third-order valence-corrected chi connectivity index (χ3v) is 4.71. The molecule has 5 nitrogen and oxygen atoms in total. The summed E-state index contributed by atoms with van der Waals surface area (Å²) in [4.78, 5) is 24.0. The molecular formula is C21H25N3O2. The quantitative estimate of drug-likeness (QED) is 0.666. The fourth-order valence-electron chi connectivity index (χ4n) is 3.31. The van der Waals surface area contributed by atoms with Crippen LogP contribution in [0.15, 0.2) is 54.6 Å². The number of rotatable bonds is 6. The number of hydrogen-bond acceptors (Lipinski definition) is 2. The molecule has 1 saturated carbocycles. The van der Waals surface area contributed by atoms with Gasteiger partial charge >= 0.3 is 6.03 Å². The van der Waals surface area contributed by atoms with Crippen molar-refractivity contribution in [2.45, 2.75) is 38.5 Å². The molecule has 0 bridgehead atoms. The van der Waals surface area contributed by atoms with E-state index in [9.17, 15) is 9.59 Å². The second-order valence-corrected chi connectivity index (χ2v) is 6.76. The van der Waals surface area contributed by atoms with Gasteiger partial charge in [-0.25, -0.2) is 4.79 Å². The largest absolute Gasteiger partial charge is 0.326 e. The molecule has 3 N–H and O–H groups in total. The first-order valence-corrected chi connectivity index (χ1v) is 9.22. The molecule has 0 aliphatic heterocycles. The Morgan fingerprint density at radius 2 is 1.31 bits per heavy atom. The van der Waals surface area contributed by atoms with Crippen LogP contribution in [-0.4, -0.2) is 11.9 Å². The summed E-state index contributed by atoms with van der Waals surface area (Å²) in [6.07, 6.45) is 6.68. The van der Waals surface area contributed by atoms with E-state index in [1.807, 2.05) is 30.3 Å². The highest BCUT2D eigenvalue weighted by Crippen LogP contribution is 2.28. The van der Waals surface area contributed by atoms with Gasteiger partial charge in [-0.05, 0) is 48.7 Å². The minimum atomic E-state index is -0.301. The first-order chi connectivity index (χ1) is 12.7. The molecule has 0 spiro atoms. The summed E-state index contributed by atoms with van der Waals surface area (Å²) in [7, 11) is 0. The Kier molecular flexibility index (Phi) is 6.25. The molecule has 0 aromatic heterocycles. The molecule has 1 aliphatic rings. The lowest BCUT2D eigenvalue weighted by Crippen LogP contribution is -2.19. The molecule has 5 heteroatoms. The fraction of sp³-hybridized carbons (Fsp3) is 0.333. The molecule has 1 aliphatic carbocycles. The molecule has 0 atom stereocenters. The van der Waals surface area contributed by atoms with Crippen LogP contribution in [0.2, 0.25) is 0 Å². The van der Waals surface area contributed by atoms with E-state index in [0.29, 0.717) is 12.1 Å². The molecule has 2 aromatic rings. The van der Waals surface area contributed by atoms with Gasteiger partial charge in [-0.3, -0.25) is 4.79 Å². The molecule has 136 valence electrons. The van der Waals surface area contributed by atoms with Gasteiger partial charge in [-0.1, -0.05) is 43.9 Å². The first-order valence-electron chi connectivity index (χ1n) is 9.22. The number of benzene rings is 2. The van der Waals surface area contributed by atoms with Crippen molar-refractivity contribution in [1.29, 1.82) is 0 Å². The Bertz CT molecular complexity index is 723. The summed E-state index contributed by atoms with van der Waals surface area (Å²) < 4.78 is 0. The van der Waals surface area contributed by atoms with E-state index in [2.05, 4.69) is 16.0 Å². The zero-order chi connectivity index (χ0) is 18.2. The van der Waals surface area contributed by atoms with Crippen LogP contribution in [0.25, 0.3) is 0 Å². The van der Waals surface area contributed by atoms with Crippen LogP contribution >= 0.6 is 0 Å². The first kappa shape index (κ1) is 18.0. The summed E-state index contributed by atoms with van der Waals surface area (Å²) in [6.45, 7) is 0. The van der Waals surface area contributed by atoms with Crippen molar-refractivity contribution in [2.24, 2.45) is 5.92 Å². The number of anilines is 3. The highest BCUT2D eigenvalue weighted by molar-refractivity contribution is 6.00. The molecular weight excluding hydrogens is 326 g/mol. The Morgan fingerprint density at radius 1 is 0.769 bits per heavy atom. The smallest absolute Gasteiger partial charge is 0.323 e. The van der Waals surface area contributed by atoms with E-state index in [1.54, 1.807) is 24.3 Å². The summed E-state index contributed by atoms with van der Waals surface area (Å²) in [5.74, 6) is 0.773. The third-order valence-electron chi connectivity index (χ3n) is 4.71. The lowest BCUT2D eigenvalue weighted by molar-refractivity contribution is -0.116. The summed E-state index contributed by atoms with van der Waals surface area (Å²) in [5.41, 5.74) is 2.15. The van der Waals surface area contributed by atoms with Crippen LogP contribution in [0.4, 0.5) is 21.9 Å². The minimum absolute atomic E-state index is 0.0550. The van der Waals surface area contributed by atoms with E-state index in [1.165, 1.54) is 25.7 Å². The van der Waals surface area contributed by atoms with Gasteiger partial charge in [0.2, 0.25) is 5.91 Å². The Labute approximate surface area is 154 Å². The molecule has 0 unspecified atom stereocenters. The molecule has 3 rings (SSSR count). The van der Waals surface area contributed by atoms with Gasteiger partial charge in [0.1, 0.15) is 0 Å². The predicted molar refractivity (Wildman–Crippen MR) is 105 cm³/mol. The van der Waals surface area contributed by atoms with Crippen molar-refractivity contribution >= 4 is 29.0 Å². The molecule has 0 saturated heterocycles.